The summed E-state index contributed by atoms with van der Waals surface area (Å²) in [6, 6.07) is 15.4. The molecule has 1 atom stereocenters. The van der Waals surface area contributed by atoms with Gasteiger partial charge < -0.3 is 9.84 Å². The molecule has 0 aliphatic carbocycles. The summed E-state index contributed by atoms with van der Waals surface area (Å²) in [6.07, 6.45) is 0.333. The minimum absolute atomic E-state index is 0.324. The molecule has 1 unspecified atom stereocenters. The van der Waals surface area contributed by atoms with Crippen LogP contribution in [0.3, 0.4) is 0 Å². The van der Waals surface area contributed by atoms with E-state index in [9.17, 15) is 5.11 Å². The first kappa shape index (κ1) is 13.9. The van der Waals surface area contributed by atoms with Gasteiger partial charge in [-0.2, -0.15) is 0 Å². The molecule has 0 fully saturated rings. The van der Waals surface area contributed by atoms with Gasteiger partial charge in [-0.15, -0.1) is 0 Å². The van der Waals surface area contributed by atoms with Gasteiger partial charge in [-0.1, -0.05) is 41.9 Å². The maximum Gasteiger partial charge on any atom is 0.119 e. The van der Waals surface area contributed by atoms with E-state index in [-0.39, 0.29) is 6.10 Å². The number of benzene rings is 2. The molecule has 19 heavy (non-hydrogen) atoms. The molecule has 0 radical (unpaired) electrons. The second kappa shape index (κ2) is 6.60. The Labute approximate surface area is 118 Å². The Hall–Kier alpha value is -1.51. The lowest BCUT2D eigenvalue weighted by Gasteiger charge is -2.09. The predicted molar refractivity (Wildman–Crippen MR) is 77.6 cm³/mol. The number of rotatable bonds is 5. The third-order valence-electron chi connectivity index (χ3n) is 2.81. The van der Waals surface area contributed by atoms with Gasteiger partial charge in [0.1, 0.15) is 12.4 Å². The van der Waals surface area contributed by atoms with Crippen molar-refractivity contribution in [2.75, 3.05) is 0 Å². The molecule has 0 aromatic heterocycles. The summed E-state index contributed by atoms with van der Waals surface area (Å²) in [7, 11) is 0. The molecule has 3 heteroatoms. The molecule has 0 spiro atoms. The molecule has 2 nitrogen and oxygen atoms in total. The summed E-state index contributed by atoms with van der Waals surface area (Å²) in [6.45, 7) is 2.23. The largest absolute Gasteiger partial charge is 0.489 e. The van der Waals surface area contributed by atoms with Gasteiger partial charge in [-0.25, -0.2) is 0 Å². The number of aliphatic hydroxyl groups is 1. The summed E-state index contributed by atoms with van der Waals surface area (Å²) in [5.41, 5.74) is 2.07. The van der Waals surface area contributed by atoms with E-state index in [4.69, 9.17) is 16.3 Å². The van der Waals surface area contributed by atoms with Crippen LogP contribution in [-0.2, 0) is 13.0 Å². The van der Waals surface area contributed by atoms with Crippen molar-refractivity contribution in [3.63, 3.8) is 0 Å². The van der Waals surface area contributed by atoms with E-state index >= 15 is 0 Å². The third kappa shape index (κ3) is 4.27. The number of aliphatic hydroxyl groups excluding tert-OH is 1. The van der Waals surface area contributed by atoms with Gasteiger partial charge in [0.05, 0.1) is 6.10 Å². The van der Waals surface area contributed by atoms with Crippen molar-refractivity contribution < 1.29 is 9.84 Å². The standard InChI is InChI=1S/C16H17ClO2/c1-12(18)10-13-6-8-15(9-7-13)19-11-14-4-2-3-5-16(14)17/h2-9,12,18H,10-11H2,1H3. The number of ether oxygens (including phenoxy) is 1. The molecule has 0 heterocycles. The van der Waals surface area contributed by atoms with Gasteiger partial charge in [-0.3, -0.25) is 0 Å². The normalized spacial score (nSPS) is 12.2. The highest BCUT2D eigenvalue weighted by Gasteiger charge is 2.02. The molecular formula is C16H17ClO2. The smallest absolute Gasteiger partial charge is 0.119 e. The number of hydrogen-bond acceptors (Lipinski definition) is 2. The zero-order valence-corrected chi connectivity index (χ0v) is 11.6. The van der Waals surface area contributed by atoms with Crippen LogP contribution in [-0.4, -0.2) is 11.2 Å². The fourth-order valence-corrected chi connectivity index (χ4v) is 2.03. The Morgan fingerprint density at radius 3 is 2.42 bits per heavy atom. The van der Waals surface area contributed by atoms with Gasteiger partial charge in [0, 0.05) is 10.6 Å². The SMILES string of the molecule is CC(O)Cc1ccc(OCc2ccccc2Cl)cc1. The van der Waals surface area contributed by atoms with E-state index in [0.29, 0.717) is 18.1 Å². The molecular weight excluding hydrogens is 260 g/mol. The second-order valence-corrected chi connectivity index (χ2v) is 4.98. The summed E-state index contributed by atoms with van der Waals surface area (Å²) in [4.78, 5) is 0. The van der Waals surface area contributed by atoms with Crippen LogP contribution in [0.2, 0.25) is 5.02 Å². The van der Waals surface area contributed by atoms with E-state index in [1.54, 1.807) is 6.92 Å². The van der Waals surface area contributed by atoms with Crippen LogP contribution in [0.4, 0.5) is 0 Å². The maximum absolute atomic E-state index is 9.31. The third-order valence-corrected chi connectivity index (χ3v) is 3.18. The fourth-order valence-electron chi connectivity index (χ4n) is 1.84. The van der Waals surface area contributed by atoms with Crippen molar-refractivity contribution in [1.29, 1.82) is 0 Å². The first-order chi connectivity index (χ1) is 9.15. The first-order valence-electron chi connectivity index (χ1n) is 6.28. The Morgan fingerprint density at radius 2 is 1.79 bits per heavy atom. The Morgan fingerprint density at radius 1 is 1.11 bits per heavy atom. The lowest BCUT2D eigenvalue weighted by molar-refractivity contribution is 0.195. The Balaban J connectivity index is 1.95. The summed E-state index contributed by atoms with van der Waals surface area (Å²) in [5, 5.41) is 10.0. The number of halogens is 1. The molecule has 2 rings (SSSR count). The van der Waals surface area contributed by atoms with Gasteiger partial charge in [0.2, 0.25) is 0 Å². The second-order valence-electron chi connectivity index (χ2n) is 4.58. The quantitative estimate of drug-likeness (QED) is 0.899. The van der Waals surface area contributed by atoms with Crippen LogP contribution in [0.1, 0.15) is 18.1 Å². The summed E-state index contributed by atoms with van der Waals surface area (Å²) in [5.74, 6) is 0.800. The molecule has 1 N–H and O–H groups in total. The molecule has 0 bridgehead atoms. The van der Waals surface area contributed by atoms with Crippen molar-refractivity contribution in [2.24, 2.45) is 0 Å². The zero-order valence-electron chi connectivity index (χ0n) is 10.8. The fraction of sp³-hybridized carbons (Fsp3) is 0.250. The van der Waals surface area contributed by atoms with Crippen LogP contribution in [0, 0.1) is 0 Å². The van der Waals surface area contributed by atoms with Crippen molar-refractivity contribution in [1.82, 2.24) is 0 Å². The minimum Gasteiger partial charge on any atom is -0.489 e. The molecule has 0 aliphatic heterocycles. The van der Waals surface area contributed by atoms with Crippen molar-refractivity contribution in [2.45, 2.75) is 26.1 Å². The van der Waals surface area contributed by atoms with Crippen LogP contribution >= 0.6 is 11.6 Å². The average Bonchev–Trinajstić information content (AvgIpc) is 2.39. The van der Waals surface area contributed by atoms with E-state index in [0.717, 1.165) is 16.9 Å². The van der Waals surface area contributed by atoms with Crippen LogP contribution < -0.4 is 4.74 Å². The van der Waals surface area contributed by atoms with Gasteiger partial charge >= 0.3 is 0 Å². The molecule has 0 saturated heterocycles. The molecule has 0 saturated carbocycles. The molecule has 0 aliphatic rings. The van der Waals surface area contributed by atoms with Crippen LogP contribution in [0.15, 0.2) is 48.5 Å². The van der Waals surface area contributed by atoms with E-state index in [1.807, 2.05) is 48.5 Å². The van der Waals surface area contributed by atoms with Crippen LogP contribution in [0.5, 0.6) is 5.75 Å². The Bertz CT molecular complexity index is 521. The van der Waals surface area contributed by atoms with E-state index in [1.165, 1.54) is 0 Å². The topological polar surface area (TPSA) is 29.5 Å². The van der Waals surface area contributed by atoms with E-state index < -0.39 is 0 Å². The van der Waals surface area contributed by atoms with Crippen molar-refractivity contribution in [3.8, 4) is 5.75 Å². The highest BCUT2D eigenvalue weighted by Crippen LogP contribution is 2.19. The minimum atomic E-state index is -0.324. The lowest BCUT2D eigenvalue weighted by atomic mass is 10.1. The lowest BCUT2D eigenvalue weighted by Crippen LogP contribution is -2.04. The van der Waals surface area contributed by atoms with Crippen molar-refractivity contribution in [3.05, 3.63) is 64.7 Å². The monoisotopic (exact) mass is 276 g/mol. The average molecular weight is 277 g/mol. The summed E-state index contributed by atoms with van der Waals surface area (Å²) >= 11 is 6.07. The molecule has 100 valence electrons. The van der Waals surface area contributed by atoms with Gasteiger partial charge in [-0.05, 0) is 37.1 Å². The van der Waals surface area contributed by atoms with Crippen LogP contribution in [0.25, 0.3) is 0 Å². The number of hydrogen-bond donors (Lipinski definition) is 1. The highest BCUT2D eigenvalue weighted by atomic mass is 35.5. The van der Waals surface area contributed by atoms with E-state index in [2.05, 4.69) is 0 Å². The van der Waals surface area contributed by atoms with Gasteiger partial charge in [0.25, 0.3) is 0 Å². The predicted octanol–water partition coefficient (Wildman–Crippen LogP) is 3.84. The van der Waals surface area contributed by atoms with Crippen molar-refractivity contribution >= 4 is 11.6 Å². The molecule has 2 aromatic carbocycles. The molecule has 2 aromatic rings. The summed E-state index contributed by atoms with van der Waals surface area (Å²) < 4.78 is 5.69. The zero-order chi connectivity index (χ0) is 13.7. The first-order valence-corrected chi connectivity index (χ1v) is 6.66. The Kier molecular flexibility index (Phi) is 4.83. The van der Waals surface area contributed by atoms with Gasteiger partial charge in [0.15, 0.2) is 0 Å². The highest BCUT2D eigenvalue weighted by molar-refractivity contribution is 6.31. The molecule has 0 amide bonds. The maximum atomic E-state index is 9.31.